The Morgan fingerprint density at radius 3 is 2.46 bits per heavy atom. The predicted octanol–water partition coefficient (Wildman–Crippen LogP) is 3.78. The van der Waals surface area contributed by atoms with Crippen molar-refractivity contribution >= 4 is 51.8 Å². The van der Waals surface area contributed by atoms with Crippen LogP contribution in [-0.4, -0.2) is 67.9 Å². The van der Waals surface area contributed by atoms with Crippen LogP contribution in [0.25, 0.3) is 11.3 Å². The van der Waals surface area contributed by atoms with Crippen molar-refractivity contribution in [2.24, 2.45) is 0 Å². The molecular formula is C28H28N4O4S. The molecule has 0 spiro atoms. The van der Waals surface area contributed by atoms with E-state index in [1.165, 1.54) is 18.4 Å². The van der Waals surface area contributed by atoms with Gasteiger partial charge in [0.25, 0.3) is 5.91 Å². The first-order valence-electron chi connectivity index (χ1n) is 12.1. The minimum Gasteiger partial charge on any atom is -0.465 e. The molecule has 5 rings (SSSR count). The molecule has 1 fully saturated rings. The third-order valence-corrected chi connectivity index (χ3v) is 7.36. The Balaban J connectivity index is 1.39. The van der Waals surface area contributed by atoms with Crippen LogP contribution in [0.2, 0.25) is 0 Å². The lowest BCUT2D eigenvalue weighted by Gasteiger charge is -2.32. The molecule has 2 amide bonds. The SMILES string of the molecule is COC(=O)c1ccc2c(c1)NC(=O)/C2=C(\Nc1ccc(CC(=O)N2CCN(C)CC2)cc1)c1ccsc1. The number of rotatable bonds is 6. The molecule has 1 aromatic heterocycles. The van der Waals surface area contributed by atoms with Crippen LogP contribution in [0.4, 0.5) is 11.4 Å². The van der Waals surface area contributed by atoms with Gasteiger partial charge in [0.15, 0.2) is 0 Å². The van der Waals surface area contributed by atoms with Crippen LogP contribution in [0.15, 0.2) is 59.3 Å². The summed E-state index contributed by atoms with van der Waals surface area (Å²) >= 11 is 1.54. The summed E-state index contributed by atoms with van der Waals surface area (Å²) in [5.74, 6) is -0.572. The van der Waals surface area contributed by atoms with E-state index in [0.717, 1.165) is 43.0 Å². The van der Waals surface area contributed by atoms with Gasteiger partial charge in [0, 0.05) is 48.4 Å². The molecule has 3 aromatic rings. The Labute approximate surface area is 219 Å². The summed E-state index contributed by atoms with van der Waals surface area (Å²) in [5.41, 5.74) is 5.44. The highest BCUT2D eigenvalue weighted by Gasteiger charge is 2.29. The van der Waals surface area contributed by atoms with Crippen LogP contribution < -0.4 is 10.6 Å². The second-order valence-corrected chi connectivity index (χ2v) is 9.93. The Morgan fingerprint density at radius 1 is 1.03 bits per heavy atom. The van der Waals surface area contributed by atoms with E-state index in [-0.39, 0.29) is 11.8 Å². The number of ether oxygens (including phenoxy) is 1. The van der Waals surface area contributed by atoms with Gasteiger partial charge in [-0.05, 0) is 48.3 Å². The molecule has 0 saturated carbocycles. The van der Waals surface area contributed by atoms with E-state index in [1.807, 2.05) is 46.0 Å². The first-order valence-corrected chi connectivity index (χ1v) is 13.0. The van der Waals surface area contributed by atoms with Crippen molar-refractivity contribution in [3.8, 4) is 0 Å². The first-order chi connectivity index (χ1) is 17.9. The highest BCUT2D eigenvalue weighted by molar-refractivity contribution is 7.08. The number of carbonyl (C=O) groups excluding carboxylic acids is 3. The van der Waals surface area contributed by atoms with Crippen molar-refractivity contribution in [2.45, 2.75) is 6.42 Å². The van der Waals surface area contributed by atoms with Crippen LogP contribution in [0, 0.1) is 0 Å². The normalized spacial score (nSPS) is 16.7. The number of amides is 2. The summed E-state index contributed by atoms with van der Waals surface area (Å²) in [7, 11) is 3.40. The molecule has 0 bridgehead atoms. The van der Waals surface area contributed by atoms with Crippen LogP contribution in [0.5, 0.6) is 0 Å². The van der Waals surface area contributed by atoms with Gasteiger partial charge in [0.2, 0.25) is 5.91 Å². The van der Waals surface area contributed by atoms with E-state index in [9.17, 15) is 14.4 Å². The molecule has 0 radical (unpaired) electrons. The number of piperazine rings is 1. The molecule has 37 heavy (non-hydrogen) atoms. The minimum atomic E-state index is -0.461. The zero-order valence-electron chi connectivity index (χ0n) is 20.7. The lowest BCUT2D eigenvalue weighted by molar-refractivity contribution is -0.132. The fourth-order valence-corrected chi connectivity index (χ4v) is 5.19. The maximum Gasteiger partial charge on any atom is 0.337 e. The molecule has 2 N–H and O–H groups in total. The van der Waals surface area contributed by atoms with Gasteiger partial charge in [-0.3, -0.25) is 9.59 Å². The second-order valence-electron chi connectivity index (χ2n) is 9.15. The van der Waals surface area contributed by atoms with Gasteiger partial charge in [-0.25, -0.2) is 4.79 Å². The van der Waals surface area contributed by atoms with E-state index in [2.05, 4.69) is 22.6 Å². The third kappa shape index (κ3) is 5.28. The number of nitrogens with zero attached hydrogens (tertiary/aromatic N) is 2. The monoisotopic (exact) mass is 516 g/mol. The predicted molar refractivity (Wildman–Crippen MR) is 145 cm³/mol. The number of fused-ring (bicyclic) bond motifs is 1. The van der Waals surface area contributed by atoms with Crippen LogP contribution in [0.1, 0.15) is 27.0 Å². The number of likely N-dealkylation sites (N-methyl/N-ethyl adjacent to an activating group) is 1. The summed E-state index contributed by atoms with van der Waals surface area (Å²) in [5, 5.41) is 10.2. The third-order valence-electron chi connectivity index (χ3n) is 6.68. The molecule has 1 saturated heterocycles. The van der Waals surface area contributed by atoms with Crippen molar-refractivity contribution in [1.29, 1.82) is 0 Å². The molecule has 2 aromatic carbocycles. The number of anilines is 2. The topological polar surface area (TPSA) is 91.0 Å². The summed E-state index contributed by atoms with van der Waals surface area (Å²) in [6.45, 7) is 3.32. The van der Waals surface area contributed by atoms with E-state index in [1.54, 1.807) is 18.2 Å². The standard InChI is InChI=1S/C28H28N4O4S/c1-31-10-12-32(13-11-31)24(33)15-18-3-6-21(7-4-18)29-26(20-9-14-37-17-20)25-22-8-5-19(28(35)36-2)16-23(22)30-27(25)34/h3-9,14,16-17,29H,10-13,15H2,1-2H3,(H,30,34)/b26-25-. The number of hydrogen-bond donors (Lipinski definition) is 2. The highest BCUT2D eigenvalue weighted by atomic mass is 32.1. The van der Waals surface area contributed by atoms with Crippen LogP contribution in [-0.2, 0) is 20.7 Å². The van der Waals surface area contributed by atoms with E-state index >= 15 is 0 Å². The van der Waals surface area contributed by atoms with Crippen molar-refractivity contribution < 1.29 is 19.1 Å². The fourth-order valence-electron chi connectivity index (χ4n) is 4.54. The van der Waals surface area contributed by atoms with E-state index in [4.69, 9.17) is 4.74 Å². The van der Waals surface area contributed by atoms with Crippen molar-refractivity contribution in [2.75, 3.05) is 51.0 Å². The number of benzene rings is 2. The molecule has 0 atom stereocenters. The summed E-state index contributed by atoms with van der Waals surface area (Å²) in [6.07, 6.45) is 0.362. The maximum absolute atomic E-state index is 13.1. The van der Waals surface area contributed by atoms with Crippen molar-refractivity contribution in [3.63, 3.8) is 0 Å². The average Bonchev–Trinajstić information content (AvgIpc) is 3.55. The van der Waals surface area contributed by atoms with Gasteiger partial charge in [-0.1, -0.05) is 18.2 Å². The van der Waals surface area contributed by atoms with E-state index in [0.29, 0.717) is 34.5 Å². The zero-order chi connectivity index (χ0) is 25.9. The van der Waals surface area contributed by atoms with Gasteiger partial charge < -0.3 is 25.2 Å². The summed E-state index contributed by atoms with van der Waals surface area (Å²) in [4.78, 5) is 41.9. The van der Waals surface area contributed by atoms with Crippen molar-refractivity contribution in [1.82, 2.24) is 9.80 Å². The lowest BCUT2D eigenvalue weighted by Crippen LogP contribution is -2.47. The smallest absolute Gasteiger partial charge is 0.337 e. The summed E-state index contributed by atoms with van der Waals surface area (Å²) < 4.78 is 4.81. The molecule has 3 heterocycles. The van der Waals surface area contributed by atoms with Gasteiger partial charge in [0.05, 0.1) is 36.1 Å². The second kappa shape index (κ2) is 10.6. The highest BCUT2D eigenvalue weighted by Crippen LogP contribution is 2.38. The molecule has 2 aliphatic heterocycles. The molecule has 0 aliphatic carbocycles. The zero-order valence-corrected chi connectivity index (χ0v) is 21.6. The number of nitrogens with one attached hydrogen (secondary N) is 2. The molecule has 2 aliphatic rings. The Kier molecular flexibility index (Phi) is 7.07. The molecular weight excluding hydrogens is 488 g/mol. The lowest BCUT2D eigenvalue weighted by atomic mass is 10.00. The molecule has 0 unspecified atom stereocenters. The number of esters is 1. The quantitative estimate of drug-likeness (QED) is 0.383. The van der Waals surface area contributed by atoms with Crippen LogP contribution in [0.3, 0.4) is 0 Å². The average molecular weight is 517 g/mol. The largest absolute Gasteiger partial charge is 0.465 e. The number of hydrogen-bond acceptors (Lipinski definition) is 7. The Morgan fingerprint density at radius 2 is 1.78 bits per heavy atom. The first kappa shape index (κ1) is 24.7. The maximum atomic E-state index is 13.1. The molecule has 190 valence electrons. The van der Waals surface area contributed by atoms with Gasteiger partial charge in [0.1, 0.15) is 0 Å². The van der Waals surface area contributed by atoms with Gasteiger partial charge in [-0.15, -0.1) is 0 Å². The van der Waals surface area contributed by atoms with Crippen molar-refractivity contribution in [3.05, 3.63) is 81.5 Å². The number of methoxy groups -OCH3 is 1. The van der Waals surface area contributed by atoms with Gasteiger partial charge >= 0.3 is 5.97 Å². The fraction of sp³-hybridized carbons (Fsp3) is 0.250. The minimum absolute atomic E-state index is 0.139. The van der Waals surface area contributed by atoms with Crippen LogP contribution >= 0.6 is 11.3 Å². The van der Waals surface area contributed by atoms with Gasteiger partial charge in [-0.2, -0.15) is 11.3 Å². The summed E-state index contributed by atoms with van der Waals surface area (Å²) in [6, 6.07) is 14.7. The molecule has 8 nitrogen and oxygen atoms in total. The van der Waals surface area contributed by atoms with E-state index < -0.39 is 5.97 Å². The number of thiophene rings is 1. The Hall–Kier alpha value is -3.95. The number of carbonyl (C=O) groups is 3. The molecule has 9 heteroatoms. The Bertz CT molecular complexity index is 1360.